The molecule has 0 spiro atoms. The van der Waals surface area contributed by atoms with Crippen molar-refractivity contribution in [3.63, 3.8) is 0 Å². The van der Waals surface area contributed by atoms with E-state index in [1.54, 1.807) is 36.4 Å². The molecule has 0 fully saturated rings. The predicted octanol–water partition coefficient (Wildman–Crippen LogP) is 4.19. The van der Waals surface area contributed by atoms with Gasteiger partial charge in [-0.2, -0.15) is 0 Å². The van der Waals surface area contributed by atoms with Crippen LogP contribution in [-0.2, 0) is 0 Å². The van der Waals surface area contributed by atoms with Gasteiger partial charge in [-0.25, -0.2) is 0 Å². The number of nitro benzene ring substituents is 1. The zero-order valence-electron chi connectivity index (χ0n) is 12.7. The first-order chi connectivity index (χ1) is 11.5. The molecule has 0 aliphatic heterocycles. The van der Waals surface area contributed by atoms with Gasteiger partial charge >= 0.3 is 0 Å². The Hall–Kier alpha value is -3.34. The van der Waals surface area contributed by atoms with Crippen LogP contribution in [0.15, 0.2) is 72.8 Å². The fourth-order valence-electron chi connectivity index (χ4n) is 2.70. The number of hydrogen-bond donors (Lipinski definition) is 2. The lowest BCUT2D eigenvalue weighted by Crippen LogP contribution is -2.03. The summed E-state index contributed by atoms with van der Waals surface area (Å²) < 4.78 is 0. The van der Waals surface area contributed by atoms with Crippen LogP contribution in [0.25, 0.3) is 0 Å². The summed E-state index contributed by atoms with van der Waals surface area (Å²) >= 11 is 0. The van der Waals surface area contributed by atoms with Crippen LogP contribution < -0.4 is 0 Å². The number of nitro groups is 1. The van der Waals surface area contributed by atoms with E-state index in [2.05, 4.69) is 0 Å². The number of aromatic hydroxyl groups is 2. The summed E-state index contributed by atoms with van der Waals surface area (Å²) in [6.07, 6.45) is 0. The van der Waals surface area contributed by atoms with E-state index in [0.29, 0.717) is 0 Å². The van der Waals surface area contributed by atoms with Crippen molar-refractivity contribution in [3.8, 4) is 11.5 Å². The average Bonchev–Trinajstić information content (AvgIpc) is 2.59. The van der Waals surface area contributed by atoms with Crippen molar-refractivity contribution in [2.45, 2.75) is 5.92 Å². The third-order valence-corrected chi connectivity index (χ3v) is 3.89. The summed E-state index contributed by atoms with van der Waals surface area (Å²) in [6, 6.07) is 20.1. The third-order valence-electron chi connectivity index (χ3n) is 3.89. The van der Waals surface area contributed by atoms with E-state index in [1.807, 2.05) is 24.3 Å². The molecule has 3 aromatic rings. The third kappa shape index (κ3) is 3.20. The molecule has 0 heterocycles. The molecule has 0 bridgehead atoms. The summed E-state index contributed by atoms with van der Waals surface area (Å²) in [6.45, 7) is 0. The number of nitrogens with zero attached hydrogens (tertiary/aromatic N) is 1. The molecule has 0 unspecified atom stereocenters. The van der Waals surface area contributed by atoms with Crippen LogP contribution in [-0.4, -0.2) is 15.1 Å². The monoisotopic (exact) mass is 321 g/mol. The zero-order valence-corrected chi connectivity index (χ0v) is 12.7. The zero-order chi connectivity index (χ0) is 17.1. The van der Waals surface area contributed by atoms with Crippen LogP contribution in [0.4, 0.5) is 5.69 Å². The Balaban J connectivity index is 2.08. The van der Waals surface area contributed by atoms with Crippen LogP contribution in [0.5, 0.6) is 11.5 Å². The average molecular weight is 321 g/mol. The Morgan fingerprint density at radius 3 is 1.33 bits per heavy atom. The number of rotatable bonds is 4. The molecule has 0 aliphatic rings. The maximum atomic E-state index is 10.8. The van der Waals surface area contributed by atoms with Crippen molar-refractivity contribution >= 4 is 5.69 Å². The smallest absolute Gasteiger partial charge is 0.269 e. The van der Waals surface area contributed by atoms with E-state index in [9.17, 15) is 20.3 Å². The van der Waals surface area contributed by atoms with Crippen LogP contribution in [0.2, 0.25) is 0 Å². The summed E-state index contributed by atoms with van der Waals surface area (Å²) in [5, 5.41) is 29.9. The predicted molar refractivity (Wildman–Crippen MR) is 90.3 cm³/mol. The number of benzene rings is 3. The normalized spacial score (nSPS) is 10.7. The largest absolute Gasteiger partial charge is 0.508 e. The van der Waals surface area contributed by atoms with Gasteiger partial charge in [0.2, 0.25) is 0 Å². The quantitative estimate of drug-likeness (QED) is 0.429. The fraction of sp³-hybridized carbons (Fsp3) is 0.0526. The maximum Gasteiger partial charge on any atom is 0.269 e. The minimum atomic E-state index is -0.431. The van der Waals surface area contributed by atoms with E-state index in [0.717, 1.165) is 16.7 Å². The Bertz CT molecular complexity index is 795. The standard InChI is InChI=1S/C19H15NO4/c21-17-9-3-14(4-10-17)19(15-5-11-18(22)12-6-15)13-1-7-16(8-2-13)20(23)24/h1-12,19,21-22H. The minimum absolute atomic E-state index is 0.0360. The van der Waals surface area contributed by atoms with Gasteiger partial charge < -0.3 is 10.2 Å². The van der Waals surface area contributed by atoms with Gasteiger partial charge in [-0.3, -0.25) is 10.1 Å². The van der Waals surface area contributed by atoms with Crippen LogP contribution >= 0.6 is 0 Å². The second-order valence-corrected chi connectivity index (χ2v) is 5.46. The fourth-order valence-corrected chi connectivity index (χ4v) is 2.70. The highest BCUT2D eigenvalue weighted by molar-refractivity contribution is 5.47. The molecule has 0 amide bonds. The van der Waals surface area contributed by atoms with Gasteiger partial charge in [-0.15, -0.1) is 0 Å². The molecule has 3 aromatic carbocycles. The van der Waals surface area contributed by atoms with Gasteiger partial charge in [0.05, 0.1) is 4.92 Å². The summed E-state index contributed by atoms with van der Waals surface area (Å²) in [5.74, 6) is 0.186. The molecule has 5 nitrogen and oxygen atoms in total. The highest BCUT2D eigenvalue weighted by Crippen LogP contribution is 2.34. The lowest BCUT2D eigenvalue weighted by atomic mass is 9.85. The highest BCUT2D eigenvalue weighted by atomic mass is 16.6. The molecular formula is C19H15NO4. The molecule has 0 atom stereocenters. The van der Waals surface area contributed by atoms with Crippen molar-refractivity contribution in [2.24, 2.45) is 0 Å². The number of phenols is 2. The number of phenolic OH excluding ortho intramolecular Hbond substituents is 2. The van der Waals surface area contributed by atoms with Crippen molar-refractivity contribution in [2.75, 3.05) is 0 Å². The van der Waals surface area contributed by atoms with Gasteiger partial charge in [0.25, 0.3) is 5.69 Å². The topological polar surface area (TPSA) is 83.6 Å². The van der Waals surface area contributed by atoms with Crippen LogP contribution in [0.1, 0.15) is 22.6 Å². The Morgan fingerprint density at radius 1 is 0.667 bits per heavy atom. The van der Waals surface area contributed by atoms with E-state index >= 15 is 0 Å². The van der Waals surface area contributed by atoms with E-state index < -0.39 is 4.92 Å². The first kappa shape index (κ1) is 15.6. The van der Waals surface area contributed by atoms with E-state index in [1.165, 1.54) is 12.1 Å². The minimum Gasteiger partial charge on any atom is -0.508 e. The molecule has 5 heteroatoms. The Morgan fingerprint density at radius 2 is 1.00 bits per heavy atom. The summed E-state index contributed by atoms with van der Waals surface area (Å²) in [7, 11) is 0. The molecule has 2 N–H and O–H groups in total. The molecule has 120 valence electrons. The summed E-state index contributed by atoms with van der Waals surface area (Å²) in [5.41, 5.74) is 2.80. The van der Waals surface area contributed by atoms with Crippen LogP contribution in [0.3, 0.4) is 0 Å². The van der Waals surface area contributed by atoms with E-state index in [4.69, 9.17) is 0 Å². The highest BCUT2D eigenvalue weighted by Gasteiger charge is 2.18. The maximum absolute atomic E-state index is 10.8. The first-order valence-electron chi connectivity index (χ1n) is 7.37. The molecular weight excluding hydrogens is 306 g/mol. The second-order valence-electron chi connectivity index (χ2n) is 5.46. The molecule has 0 radical (unpaired) electrons. The Labute approximate surface area is 138 Å². The van der Waals surface area contributed by atoms with Gasteiger partial charge in [0, 0.05) is 18.1 Å². The SMILES string of the molecule is O=[N+]([O-])c1ccc(C(c2ccc(O)cc2)c2ccc(O)cc2)cc1. The van der Waals surface area contributed by atoms with Crippen LogP contribution in [0, 0.1) is 10.1 Å². The van der Waals surface area contributed by atoms with Gasteiger partial charge in [0.15, 0.2) is 0 Å². The lowest BCUT2D eigenvalue weighted by molar-refractivity contribution is -0.384. The second kappa shape index (κ2) is 6.42. The van der Waals surface area contributed by atoms with E-state index in [-0.39, 0.29) is 23.1 Å². The Kier molecular flexibility index (Phi) is 4.16. The van der Waals surface area contributed by atoms with Gasteiger partial charge in [-0.05, 0) is 41.0 Å². The molecule has 24 heavy (non-hydrogen) atoms. The molecule has 0 saturated heterocycles. The van der Waals surface area contributed by atoms with Crippen molar-refractivity contribution in [3.05, 3.63) is 99.6 Å². The first-order valence-corrected chi connectivity index (χ1v) is 7.37. The number of hydrogen-bond acceptors (Lipinski definition) is 4. The van der Waals surface area contributed by atoms with Gasteiger partial charge in [-0.1, -0.05) is 36.4 Å². The molecule has 0 aromatic heterocycles. The lowest BCUT2D eigenvalue weighted by Gasteiger charge is -2.19. The van der Waals surface area contributed by atoms with Crippen molar-refractivity contribution in [1.29, 1.82) is 0 Å². The molecule has 0 saturated carbocycles. The van der Waals surface area contributed by atoms with Crippen molar-refractivity contribution < 1.29 is 15.1 Å². The summed E-state index contributed by atoms with van der Waals surface area (Å²) in [4.78, 5) is 10.4. The molecule has 0 aliphatic carbocycles. The number of non-ortho nitro benzene ring substituents is 1. The molecule has 3 rings (SSSR count). The van der Waals surface area contributed by atoms with Crippen molar-refractivity contribution in [1.82, 2.24) is 0 Å². The van der Waals surface area contributed by atoms with Gasteiger partial charge in [0.1, 0.15) is 11.5 Å².